The van der Waals surface area contributed by atoms with E-state index in [0.717, 1.165) is 17.9 Å². The predicted octanol–water partition coefficient (Wildman–Crippen LogP) is -0.0945. The number of ether oxygens (including phenoxy) is 1. The van der Waals surface area contributed by atoms with Gasteiger partial charge in [-0.25, -0.2) is 0 Å². The molecule has 0 aliphatic carbocycles. The highest BCUT2D eigenvalue weighted by molar-refractivity contribution is 8.14. The van der Waals surface area contributed by atoms with Crippen LogP contribution in [0.25, 0.3) is 0 Å². The average Bonchev–Trinajstić information content (AvgIpc) is 2.74. The molecular weight excluding hydrogens is 242 g/mol. The Labute approximate surface area is 104 Å². The first kappa shape index (κ1) is 13.0. The number of allylic oxidation sites excluding steroid dienone is 1. The van der Waals surface area contributed by atoms with E-state index < -0.39 is 24.4 Å². The molecule has 2 aliphatic rings. The van der Waals surface area contributed by atoms with Crippen LogP contribution >= 0.6 is 11.8 Å². The molecule has 17 heavy (non-hydrogen) atoms. The summed E-state index contributed by atoms with van der Waals surface area (Å²) in [5.74, 6) is 0. The summed E-state index contributed by atoms with van der Waals surface area (Å²) in [6.45, 7) is 3.35. The van der Waals surface area contributed by atoms with E-state index in [-0.39, 0.29) is 12.0 Å². The molecule has 1 saturated heterocycles. The zero-order chi connectivity index (χ0) is 12.4. The van der Waals surface area contributed by atoms with Crippen molar-refractivity contribution in [2.45, 2.75) is 42.6 Å². The van der Waals surface area contributed by atoms with Gasteiger partial charge in [-0.1, -0.05) is 17.8 Å². The topological polar surface area (TPSA) is 82.3 Å². The number of aliphatic hydroxyl groups is 3. The number of aliphatic hydroxyl groups excluding tert-OH is 3. The monoisotopic (exact) mass is 259 g/mol. The predicted molar refractivity (Wildman–Crippen MR) is 66.0 cm³/mol. The van der Waals surface area contributed by atoms with Crippen molar-refractivity contribution in [2.75, 3.05) is 6.61 Å². The summed E-state index contributed by atoms with van der Waals surface area (Å²) in [7, 11) is 0. The maximum Gasteiger partial charge on any atom is 0.134 e. The minimum absolute atomic E-state index is 0.301. The Morgan fingerprint density at radius 2 is 2.18 bits per heavy atom. The fourth-order valence-corrected chi connectivity index (χ4v) is 3.23. The molecule has 96 valence electrons. The Balaban J connectivity index is 2.04. The molecular formula is C11H17NO4S. The molecule has 0 saturated carbocycles. The normalized spacial score (nSPS) is 40.9. The lowest BCUT2D eigenvalue weighted by molar-refractivity contribution is -0.164. The average molecular weight is 259 g/mol. The molecule has 0 bridgehead atoms. The van der Waals surface area contributed by atoms with Crippen LogP contribution in [0.4, 0.5) is 0 Å². The number of fused-ring (bicyclic) bond motifs is 1. The summed E-state index contributed by atoms with van der Waals surface area (Å²) >= 11 is 1.46. The quantitative estimate of drug-likeness (QED) is 0.614. The molecule has 0 amide bonds. The fraction of sp³-hybridized carbons (Fsp3) is 0.727. The van der Waals surface area contributed by atoms with Crippen LogP contribution < -0.4 is 0 Å². The van der Waals surface area contributed by atoms with Gasteiger partial charge in [-0.15, -0.1) is 6.58 Å². The van der Waals surface area contributed by atoms with E-state index in [1.165, 1.54) is 11.8 Å². The number of aliphatic imine (C=N–C) groups is 1. The third kappa shape index (κ3) is 2.56. The van der Waals surface area contributed by atoms with E-state index >= 15 is 0 Å². The molecule has 6 heteroatoms. The number of nitrogens with zero attached hydrogens (tertiary/aromatic N) is 1. The Hall–Kier alpha value is -0.400. The molecule has 0 unspecified atom stereocenters. The Kier molecular flexibility index (Phi) is 4.22. The van der Waals surface area contributed by atoms with Gasteiger partial charge >= 0.3 is 0 Å². The highest BCUT2D eigenvalue weighted by Gasteiger charge is 2.47. The number of hydrogen-bond acceptors (Lipinski definition) is 6. The van der Waals surface area contributed by atoms with E-state index in [4.69, 9.17) is 9.84 Å². The summed E-state index contributed by atoms with van der Waals surface area (Å²) < 4.78 is 5.51. The molecule has 2 aliphatic heterocycles. The lowest BCUT2D eigenvalue weighted by atomic mass is 9.99. The first-order chi connectivity index (χ1) is 8.17. The lowest BCUT2D eigenvalue weighted by Crippen LogP contribution is -2.55. The largest absolute Gasteiger partial charge is 0.394 e. The van der Waals surface area contributed by atoms with Crippen molar-refractivity contribution >= 4 is 16.8 Å². The standard InChI is InChI=1S/C11H17NO4S/c1-2-3-4-7-12-8-10(15)9(14)6(5-13)16-11(8)17-7/h2,6,8-11,13-15H,1,3-5H2/t6-,8+,9-,10-,11+/m1/s1. The van der Waals surface area contributed by atoms with Gasteiger partial charge in [0.1, 0.15) is 29.8 Å². The zero-order valence-corrected chi connectivity index (χ0v) is 10.2. The van der Waals surface area contributed by atoms with E-state index in [9.17, 15) is 10.2 Å². The van der Waals surface area contributed by atoms with Crippen molar-refractivity contribution in [2.24, 2.45) is 4.99 Å². The van der Waals surface area contributed by atoms with Gasteiger partial charge < -0.3 is 20.1 Å². The van der Waals surface area contributed by atoms with Crippen LogP contribution in [0.15, 0.2) is 17.6 Å². The number of hydrogen-bond donors (Lipinski definition) is 3. The fourth-order valence-electron chi connectivity index (χ4n) is 1.98. The second-order valence-corrected chi connectivity index (χ2v) is 5.34. The SMILES string of the molecule is C=CCCC1=N[C@H]2[C@@H](O)[C@H](O)[C@@H](CO)O[C@H]2S1. The van der Waals surface area contributed by atoms with Gasteiger partial charge in [-0.3, -0.25) is 4.99 Å². The summed E-state index contributed by atoms with van der Waals surface area (Å²) in [6, 6.07) is -0.433. The molecule has 5 nitrogen and oxygen atoms in total. The Bertz CT molecular complexity index is 323. The molecule has 3 N–H and O–H groups in total. The third-order valence-electron chi connectivity index (χ3n) is 2.96. The van der Waals surface area contributed by atoms with Crippen molar-refractivity contribution in [3.05, 3.63) is 12.7 Å². The van der Waals surface area contributed by atoms with Crippen LogP contribution in [-0.4, -0.2) is 56.8 Å². The summed E-state index contributed by atoms with van der Waals surface area (Å²) in [5, 5.41) is 29.6. The highest BCUT2D eigenvalue weighted by atomic mass is 32.2. The van der Waals surface area contributed by atoms with Crippen LogP contribution in [-0.2, 0) is 4.74 Å². The number of thioether (sulfide) groups is 1. The zero-order valence-electron chi connectivity index (χ0n) is 9.40. The van der Waals surface area contributed by atoms with Gasteiger partial charge in [-0.2, -0.15) is 0 Å². The van der Waals surface area contributed by atoms with E-state index in [0.29, 0.717) is 0 Å². The molecule has 0 aromatic heterocycles. The first-order valence-electron chi connectivity index (χ1n) is 5.64. The summed E-state index contributed by atoms with van der Waals surface area (Å²) in [4.78, 5) is 4.36. The second-order valence-electron chi connectivity index (χ2n) is 4.17. The smallest absolute Gasteiger partial charge is 0.134 e. The van der Waals surface area contributed by atoms with E-state index in [1.54, 1.807) is 0 Å². The van der Waals surface area contributed by atoms with Crippen molar-refractivity contribution in [1.29, 1.82) is 0 Å². The van der Waals surface area contributed by atoms with Crippen LogP contribution in [0.1, 0.15) is 12.8 Å². The van der Waals surface area contributed by atoms with E-state index in [1.807, 2.05) is 6.08 Å². The minimum Gasteiger partial charge on any atom is -0.394 e. The van der Waals surface area contributed by atoms with Crippen LogP contribution in [0.2, 0.25) is 0 Å². The lowest BCUT2D eigenvalue weighted by Gasteiger charge is -2.37. The Morgan fingerprint density at radius 1 is 1.41 bits per heavy atom. The van der Waals surface area contributed by atoms with E-state index in [2.05, 4.69) is 11.6 Å². The van der Waals surface area contributed by atoms with Crippen molar-refractivity contribution in [3.63, 3.8) is 0 Å². The van der Waals surface area contributed by atoms with Gasteiger partial charge in [0.2, 0.25) is 0 Å². The van der Waals surface area contributed by atoms with Gasteiger partial charge in [0.05, 0.1) is 11.7 Å². The van der Waals surface area contributed by atoms with Gasteiger partial charge in [-0.05, 0) is 12.8 Å². The molecule has 0 aromatic carbocycles. The summed E-state index contributed by atoms with van der Waals surface area (Å²) in [5.41, 5.74) is -0.301. The maximum absolute atomic E-state index is 9.91. The minimum atomic E-state index is -1.08. The van der Waals surface area contributed by atoms with Gasteiger partial charge in [0.15, 0.2) is 0 Å². The molecule has 1 fully saturated rings. The molecule has 0 spiro atoms. The molecule has 2 heterocycles. The van der Waals surface area contributed by atoms with Gasteiger partial charge in [0.25, 0.3) is 0 Å². The van der Waals surface area contributed by atoms with Crippen LogP contribution in [0.3, 0.4) is 0 Å². The van der Waals surface area contributed by atoms with Crippen LogP contribution in [0.5, 0.6) is 0 Å². The van der Waals surface area contributed by atoms with Crippen molar-refractivity contribution in [3.8, 4) is 0 Å². The van der Waals surface area contributed by atoms with Crippen molar-refractivity contribution < 1.29 is 20.1 Å². The molecule has 2 rings (SSSR count). The Morgan fingerprint density at radius 3 is 2.82 bits per heavy atom. The van der Waals surface area contributed by atoms with Crippen molar-refractivity contribution in [1.82, 2.24) is 0 Å². The van der Waals surface area contributed by atoms with Crippen LogP contribution in [0, 0.1) is 0 Å². The highest BCUT2D eigenvalue weighted by Crippen LogP contribution is 2.37. The maximum atomic E-state index is 9.91. The first-order valence-corrected chi connectivity index (χ1v) is 6.52. The molecule has 5 atom stereocenters. The summed E-state index contributed by atoms with van der Waals surface area (Å²) in [6.07, 6.45) is 0.634. The molecule has 0 radical (unpaired) electrons. The number of rotatable bonds is 4. The second kappa shape index (κ2) is 5.49. The van der Waals surface area contributed by atoms with Gasteiger partial charge in [0, 0.05) is 0 Å². The third-order valence-corrected chi connectivity index (χ3v) is 4.16. The molecule has 0 aromatic rings.